The number of rotatable bonds is 13. The molecule has 1 atom stereocenters. The van der Waals surface area contributed by atoms with Crippen molar-refractivity contribution >= 4 is 50.7 Å². The molecule has 1 saturated carbocycles. The first-order valence-electron chi connectivity index (χ1n) is 15.9. The summed E-state index contributed by atoms with van der Waals surface area (Å²) >= 11 is 12.8. The van der Waals surface area contributed by atoms with Gasteiger partial charge in [0.05, 0.1) is 17.7 Å². The number of sulfonamides is 1. The van der Waals surface area contributed by atoms with Gasteiger partial charge in [0.25, 0.3) is 10.0 Å². The minimum atomic E-state index is -4.24. The number of ether oxygens (including phenoxy) is 1. The molecule has 0 aliphatic heterocycles. The predicted octanol–water partition coefficient (Wildman–Crippen LogP) is 7.20. The van der Waals surface area contributed by atoms with Gasteiger partial charge in [0, 0.05) is 29.1 Å². The zero-order chi connectivity index (χ0) is 34.3. The lowest BCUT2D eigenvalue weighted by Crippen LogP contribution is -2.54. The van der Waals surface area contributed by atoms with Crippen molar-refractivity contribution in [2.24, 2.45) is 0 Å². The van der Waals surface area contributed by atoms with Crippen molar-refractivity contribution in [3.05, 3.63) is 124 Å². The first kappa shape index (κ1) is 35.3. The van der Waals surface area contributed by atoms with Gasteiger partial charge in [0.2, 0.25) is 11.8 Å². The molecular weight excluding hydrogens is 669 g/mol. The molecule has 48 heavy (non-hydrogen) atoms. The lowest BCUT2D eigenvalue weighted by atomic mass is 10.0. The van der Waals surface area contributed by atoms with Crippen molar-refractivity contribution in [2.45, 2.75) is 62.6 Å². The monoisotopic (exact) mass is 707 g/mol. The van der Waals surface area contributed by atoms with E-state index in [1.54, 1.807) is 54.6 Å². The number of hydrogen-bond acceptors (Lipinski definition) is 5. The number of halogens is 2. The highest BCUT2D eigenvalue weighted by atomic mass is 35.5. The molecule has 4 aromatic rings. The second-order valence-electron chi connectivity index (χ2n) is 12.0. The van der Waals surface area contributed by atoms with E-state index in [-0.39, 0.29) is 29.8 Å². The Balaban J connectivity index is 1.58. The molecule has 0 heterocycles. The molecule has 0 radical (unpaired) electrons. The zero-order valence-corrected chi connectivity index (χ0v) is 29.3. The van der Waals surface area contributed by atoms with Crippen LogP contribution in [0.2, 0.25) is 10.0 Å². The topological polar surface area (TPSA) is 96.0 Å². The molecule has 1 N–H and O–H groups in total. The number of carbonyl (C=O) groups is 2. The van der Waals surface area contributed by atoms with Crippen LogP contribution in [0.15, 0.2) is 102 Å². The van der Waals surface area contributed by atoms with Crippen LogP contribution in [0.5, 0.6) is 5.75 Å². The number of benzene rings is 4. The van der Waals surface area contributed by atoms with E-state index in [4.69, 9.17) is 27.9 Å². The van der Waals surface area contributed by atoms with Gasteiger partial charge in [-0.15, -0.1) is 0 Å². The van der Waals surface area contributed by atoms with E-state index in [1.807, 2.05) is 37.3 Å². The molecule has 252 valence electrons. The molecule has 2 amide bonds. The molecule has 8 nitrogen and oxygen atoms in total. The summed E-state index contributed by atoms with van der Waals surface area (Å²) in [7, 11) is -2.75. The van der Waals surface area contributed by atoms with Crippen LogP contribution >= 0.6 is 23.2 Å². The SMILES string of the molecule is COc1ccc(S(=O)(=O)N(CC(=O)N(Cc2ccc(Cl)cc2Cl)[C@@H](Cc2ccccc2)C(=O)NC2CCCC2)c2ccc(C)cc2)cc1. The Hall–Kier alpha value is -4.05. The van der Waals surface area contributed by atoms with Gasteiger partial charge in [0.1, 0.15) is 18.3 Å². The highest BCUT2D eigenvalue weighted by Crippen LogP contribution is 2.28. The fourth-order valence-electron chi connectivity index (χ4n) is 5.87. The standard InChI is InChI=1S/C37H39Cl2N3O5S/c1-26-12-16-31(17-13-26)42(48(45,46)33-20-18-32(47-2)19-21-33)25-36(43)41(24-28-14-15-29(38)23-34(28)39)35(22-27-8-4-3-5-9-27)37(44)40-30-10-6-7-11-30/h3-5,8-9,12-21,23,30,35H,6-7,10-11,22,24-25H2,1-2H3,(H,40,44)/t35-/m0/s1. The van der Waals surface area contributed by atoms with Gasteiger partial charge in [-0.05, 0) is 79.4 Å². The summed E-state index contributed by atoms with van der Waals surface area (Å²) in [6.07, 6.45) is 3.98. The van der Waals surface area contributed by atoms with Crippen LogP contribution in [0.1, 0.15) is 42.4 Å². The van der Waals surface area contributed by atoms with Crippen LogP contribution in [0, 0.1) is 6.92 Å². The fourth-order valence-corrected chi connectivity index (χ4v) is 7.75. The molecule has 0 unspecified atom stereocenters. The molecule has 11 heteroatoms. The maximum Gasteiger partial charge on any atom is 0.264 e. The third-order valence-corrected chi connectivity index (χ3v) is 11.0. The minimum absolute atomic E-state index is 0.00588. The quantitative estimate of drug-likeness (QED) is 0.159. The fraction of sp³-hybridized carbons (Fsp3) is 0.297. The second kappa shape index (κ2) is 15.9. The van der Waals surface area contributed by atoms with Crippen LogP contribution in [0.4, 0.5) is 5.69 Å². The van der Waals surface area contributed by atoms with Gasteiger partial charge in [0.15, 0.2) is 0 Å². The Bertz CT molecular complexity index is 1810. The van der Waals surface area contributed by atoms with E-state index in [0.29, 0.717) is 27.0 Å². The average molecular weight is 709 g/mol. The van der Waals surface area contributed by atoms with E-state index in [2.05, 4.69) is 5.32 Å². The summed E-state index contributed by atoms with van der Waals surface area (Å²) in [6, 6.07) is 26.4. The summed E-state index contributed by atoms with van der Waals surface area (Å²) in [5.74, 6) is -0.375. The largest absolute Gasteiger partial charge is 0.497 e. The van der Waals surface area contributed by atoms with E-state index in [0.717, 1.165) is 41.1 Å². The first-order chi connectivity index (χ1) is 23.0. The summed E-state index contributed by atoms with van der Waals surface area (Å²) in [6.45, 7) is 1.28. The zero-order valence-electron chi connectivity index (χ0n) is 26.9. The number of amides is 2. The number of anilines is 1. The lowest BCUT2D eigenvalue weighted by molar-refractivity contribution is -0.140. The first-order valence-corrected chi connectivity index (χ1v) is 18.1. The van der Waals surface area contributed by atoms with E-state index in [9.17, 15) is 18.0 Å². The number of carbonyl (C=O) groups excluding carboxylic acids is 2. The minimum Gasteiger partial charge on any atom is -0.497 e. The summed E-state index contributed by atoms with van der Waals surface area (Å²) in [5.41, 5.74) is 2.66. The molecule has 0 saturated heterocycles. The van der Waals surface area contributed by atoms with Crippen molar-refractivity contribution in [3.8, 4) is 5.75 Å². The maximum atomic E-state index is 14.7. The highest BCUT2D eigenvalue weighted by molar-refractivity contribution is 7.92. The van der Waals surface area contributed by atoms with Gasteiger partial charge in [-0.25, -0.2) is 8.42 Å². The number of nitrogens with zero attached hydrogens (tertiary/aromatic N) is 2. The van der Waals surface area contributed by atoms with Crippen LogP contribution < -0.4 is 14.4 Å². The van der Waals surface area contributed by atoms with Crippen LogP contribution in [-0.4, -0.2) is 50.9 Å². The predicted molar refractivity (Wildman–Crippen MR) is 190 cm³/mol. The van der Waals surface area contributed by atoms with Gasteiger partial charge in [-0.2, -0.15) is 0 Å². The Kier molecular flexibility index (Phi) is 11.7. The average Bonchev–Trinajstić information content (AvgIpc) is 3.60. The number of nitrogens with one attached hydrogen (secondary N) is 1. The normalized spacial score (nSPS) is 13.9. The number of methoxy groups -OCH3 is 1. The van der Waals surface area contributed by atoms with Crippen molar-refractivity contribution in [1.29, 1.82) is 0 Å². The van der Waals surface area contributed by atoms with Gasteiger partial charge in [-0.1, -0.05) is 90.1 Å². The molecule has 0 bridgehead atoms. The van der Waals surface area contributed by atoms with Crippen LogP contribution in [0.25, 0.3) is 0 Å². The molecule has 1 fully saturated rings. The van der Waals surface area contributed by atoms with Crippen LogP contribution in [0.3, 0.4) is 0 Å². The molecular formula is C37H39Cl2N3O5S. The molecule has 1 aliphatic carbocycles. The number of hydrogen-bond donors (Lipinski definition) is 1. The maximum absolute atomic E-state index is 14.7. The summed E-state index contributed by atoms with van der Waals surface area (Å²) in [5, 5.41) is 3.93. The van der Waals surface area contributed by atoms with Crippen molar-refractivity contribution in [1.82, 2.24) is 10.2 Å². The van der Waals surface area contributed by atoms with Gasteiger partial charge in [-0.3, -0.25) is 13.9 Å². The van der Waals surface area contributed by atoms with Crippen molar-refractivity contribution in [2.75, 3.05) is 18.0 Å². The Morgan fingerprint density at radius 2 is 1.58 bits per heavy atom. The summed E-state index contributed by atoms with van der Waals surface area (Å²) in [4.78, 5) is 30.3. The highest BCUT2D eigenvalue weighted by Gasteiger charge is 2.36. The Morgan fingerprint density at radius 1 is 0.917 bits per heavy atom. The number of aryl methyl sites for hydroxylation is 1. The van der Waals surface area contributed by atoms with Gasteiger partial charge < -0.3 is 15.0 Å². The van der Waals surface area contributed by atoms with Gasteiger partial charge >= 0.3 is 0 Å². The Morgan fingerprint density at radius 3 is 2.21 bits per heavy atom. The third-order valence-electron chi connectivity index (χ3n) is 8.58. The Labute approximate surface area is 292 Å². The molecule has 5 rings (SSSR count). The van der Waals surface area contributed by atoms with Crippen molar-refractivity contribution in [3.63, 3.8) is 0 Å². The van der Waals surface area contributed by atoms with E-state index >= 15 is 0 Å². The molecule has 0 spiro atoms. The summed E-state index contributed by atoms with van der Waals surface area (Å²) < 4.78 is 34.8. The van der Waals surface area contributed by atoms with E-state index in [1.165, 1.54) is 24.1 Å². The third kappa shape index (κ3) is 8.69. The lowest BCUT2D eigenvalue weighted by Gasteiger charge is -2.34. The van der Waals surface area contributed by atoms with Crippen molar-refractivity contribution < 1.29 is 22.7 Å². The molecule has 1 aliphatic rings. The molecule has 4 aromatic carbocycles. The second-order valence-corrected chi connectivity index (χ2v) is 14.7. The van der Waals surface area contributed by atoms with E-state index < -0.39 is 28.5 Å². The molecule has 0 aromatic heterocycles. The smallest absolute Gasteiger partial charge is 0.264 e. The van der Waals surface area contributed by atoms with Crippen LogP contribution in [-0.2, 0) is 32.6 Å².